The molecule has 1 aliphatic rings. The van der Waals surface area contributed by atoms with Crippen molar-refractivity contribution in [3.63, 3.8) is 0 Å². The van der Waals surface area contributed by atoms with Gasteiger partial charge in [-0.25, -0.2) is 4.39 Å². The summed E-state index contributed by atoms with van der Waals surface area (Å²) in [4.78, 5) is 17.5. The molecule has 1 aliphatic heterocycles. The summed E-state index contributed by atoms with van der Waals surface area (Å²) in [6.45, 7) is 4.89. The minimum atomic E-state index is -0.241. The molecule has 0 spiro atoms. The lowest BCUT2D eigenvalue weighted by Crippen LogP contribution is -2.27. The van der Waals surface area contributed by atoms with E-state index < -0.39 is 0 Å². The third kappa shape index (κ3) is 2.53. The molecule has 1 aromatic heterocycles. The zero-order valence-corrected chi connectivity index (χ0v) is 12.1. The van der Waals surface area contributed by atoms with Crippen molar-refractivity contribution in [1.82, 2.24) is 4.98 Å². The summed E-state index contributed by atoms with van der Waals surface area (Å²) in [5, 5.41) is 0. The number of fused-ring (bicyclic) bond motifs is 1. The molecule has 0 saturated carbocycles. The van der Waals surface area contributed by atoms with Gasteiger partial charge in [-0.3, -0.25) is 9.78 Å². The first-order valence-electron chi connectivity index (χ1n) is 6.95. The van der Waals surface area contributed by atoms with Gasteiger partial charge in [0.2, 0.25) is 6.41 Å². The Labute approximate surface area is 123 Å². The number of pyridine rings is 1. The molecule has 1 amide bonds. The van der Waals surface area contributed by atoms with Gasteiger partial charge in [-0.15, -0.1) is 0 Å². The van der Waals surface area contributed by atoms with Gasteiger partial charge in [-0.1, -0.05) is 26.0 Å². The van der Waals surface area contributed by atoms with Crippen LogP contribution in [0.3, 0.4) is 0 Å². The number of nitrogens with zero attached hydrogens (tertiary/aromatic N) is 2. The summed E-state index contributed by atoms with van der Waals surface area (Å²) < 4.78 is 12.9. The predicted molar refractivity (Wildman–Crippen MR) is 79.9 cm³/mol. The van der Waals surface area contributed by atoms with Crippen LogP contribution in [0.25, 0.3) is 0 Å². The van der Waals surface area contributed by atoms with Gasteiger partial charge in [0.25, 0.3) is 0 Å². The Hall–Kier alpha value is -2.23. The van der Waals surface area contributed by atoms with Crippen LogP contribution in [0.2, 0.25) is 0 Å². The van der Waals surface area contributed by atoms with Gasteiger partial charge in [-0.05, 0) is 23.8 Å². The molecule has 1 aromatic carbocycles. The van der Waals surface area contributed by atoms with Crippen molar-refractivity contribution in [3.8, 4) is 0 Å². The van der Waals surface area contributed by atoms with Crippen LogP contribution in [0.1, 0.15) is 30.7 Å². The van der Waals surface area contributed by atoms with Gasteiger partial charge in [0.15, 0.2) is 0 Å². The molecule has 3 nitrogen and oxygen atoms in total. The molecule has 0 N–H and O–H groups in total. The summed E-state index contributed by atoms with van der Waals surface area (Å²) >= 11 is 0. The average Bonchev–Trinajstić information content (AvgIpc) is 2.72. The largest absolute Gasteiger partial charge is 0.314 e. The molecule has 0 radical (unpaired) electrons. The average molecular weight is 284 g/mol. The van der Waals surface area contributed by atoms with E-state index in [1.165, 1.54) is 12.1 Å². The number of carbonyl (C=O) groups is 1. The van der Waals surface area contributed by atoms with E-state index in [9.17, 15) is 9.18 Å². The molecular formula is C17H17FN2O. The third-order valence-corrected chi connectivity index (χ3v) is 3.97. The Morgan fingerprint density at radius 2 is 2.05 bits per heavy atom. The summed E-state index contributed by atoms with van der Waals surface area (Å²) in [5.41, 5.74) is 3.83. The minimum Gasteiger partial charge on any atom is -0.314 e. The second-order valence-corrected chi connectivity index (χ2v) is 6.11. The van der Waals surface area contributed by atoms with Crippen molar-refractivity contribution in [2.45, 2.75) is 25.7 Å². The summed E-state index contributed by atoms with van der Waals surface area (Å²) in [6, 6.07) is 8.37. The van der Waals surface area contributed by atoms with Crippen molar-refractivity contribution in [3.05, 3.63) is 59.2 Å². The van der Waals surface area contributed by atoms with E-state index in [2.05, 4.69) is 18.8 Å². The molecule has 0 saturated heterocycles. The highest BCUT2D eigenvalue weighted by atomic mass is 19.1. The fourth-order valence-corrected chi connectivity index (χ4v) is 2.84. The van der Waals surface area contributed by atoms with Gasteiger partial charge in [0.1, 0.15) is 5.82 Å². The van der Waals surface area contributed by atoms with Crippen LogP contribution in [0.15, 0.2) is 36.5 Å². The van der Waals surface area contributed by atoms with Crippen molar-refractivity contribution >= 4 is 12.1 Å². The lowest BCUT2D eigenvalue weighted by Gasteiger charge is -2.17. The Kier molecular flexibility index (Phi) is 3.24. The van der Waals surface area contributed by atoms with Crippen LogP contribution in [0, 0.1) is 5.82 Å². The Morgan fingerprint density at radius 3 is 2.71 bits per heavy atom. The Morgan fingerprint density at radius 1 is 1.33 bits per heavy atom. The van der Waals surface area contributed by atoms with Crippen LogP contribution in [0.5, 0.6) is 0 Å². The molecule has 2 heterocycles. The quantitative estimate of drug-likeness (QED) is 0.812. The molecule has 0 fully saturated rings. The number of benzene rings is 1. The highest BCUT2D eigenvalue weighted by molar-refractivity contribution is 5.81. The second-order valence-electron chi connectivity index (χ2n) is 6.11. The fraction of sp³-hybridized carbons (Fsp3) is 0.294. The van der Waals surface area contributed by atoms with E-state index in [0.717, 1.165) is 28.9 Å². The number of anilines is 1. The summed E-state index contributed by atoms with van der Waals surface area (Å²) in [6.07, 6.45) is 3.35. The predicted octanol–water partition coefficient (Wildman–Crippen LogP) is 3.07. The molecular weight excluding hydrogens is 267 g/mol. The number of hydrogen-bond donors (Lipinski definition) is 0. The number of amides is 1. The molecule has 21 heavy (non-hydrogen) atoms. The van der Waals surface area contributed by atoms with Crippen LogP contribution in [-0.4, -0.2) is 17.9 Å². The minimum absolute atomic E-state index is 0.0718. The van der Waals surface area contributed by atoms with Gasteiger partial charge in [0, 0.05) is 35.8 Å². The molecule has 2 aromatic rings. The van der Waals surface area contributed by atoms with Crippen LogP contribution >= 0.6 is 0 Å². The van der Waals surface area contributed by atoms with Crippen molar-refractivity contribution in [2.24, 2.45) is 0 Å². The van der Waals surface area contributed by atoms with Crippen LogP contribution in [0.4, 0.5) is 10.1 Å². The molecule has 4 heteroatoms. The van der Waals surface area contributed by atoms with Crippen molar-refractivity contribution in [1.29, 1.82) is 0 Å². The van der Waals surface area contributed by atoms with Crippen molar-refractivity contribution < 1.29 is 9.18 Å². The Bertz CT molecular complexity index is 680. The first-order chi connectivity index (χ1) is 9.99. The number of halogens is 1. The summed E-state index contributed by atoms with van der Waals surface area (Å²) in [7, 11) is 0. The van der Waals surface area contributed by atoms with E-state index in [1.807, 2.05) is 12.3 Å². The Balaban J connectivity index is 1.92. The third-order valence-electron chi connectivity index (χ3n) is 3.97. The van der Waals surface area contributed by atoms with Crippen LogP contribution < -0.4 is 4.90 Å². The summed E-state index contributed by atoms with van der Waals surface area (Å²) in [5.74, 6) is -0.241. The standard InChI is InChI=1S/C17H17FN2O/c1-17(2)10-20(11-21)16-8-14(19-9-15(16)17)7-12-3-5-13(18)6-4-12/h3-6,8-9,11H,7,10H2,1-2H3. The highest BCUT2D eigenvalue weighted by Gasteiger charge is 2.35. The maximum atomic E-state index is 12.9. The highest BCUT2D eigenvalue weighted by Crippen LogP contribution is 2.39. The number of carbonyl (C=O) groups excluding carboxylic acids is 1. The molecule has 108 valence electrons. The van der Waals surface area contributed by atoms with E-state index in [0.29, 0.717) is 13.0 Å². The second kappa shape index (κ2) is 4.95. The fourth-order valence-electron chi connectivity index (χ4n) is 2.84. The lowest BCUT2D eigenvalue weighted by atomic mass is 9.88. The van der Waals surface area contributed by atoms with E-state index in [1.54, 1.807) is 17.0 Å². The van der Waals surface area contributed by atoms with E-state index in [4.69, 9.17) is 0 Å². The molecule has 0 aliphatic carbocycles. The first-order valence-corrected chi connectivity index (χ1v) is 6.95. The monoisotopic (exact) mass is 284 g/mol. The SMILES string of the molecule is CC1(C)CN(C=O)c2cc(Cc3ccc(F)cc3)ncc21. The smallest absolute Gasteiger partial charge is 0.214 e. The van der Waals surface area contributed by atoms with Gasteiger partial charge in [0.05, 0.1) is 5.69 Å². The van der Waals surface area contributed by atoms with E-state index >= 15 is 0 Å². The zero-order chi connectivity index (χ0) is 15.0. The lowest BCUT2D eigenvalue weighted by molar-refractivity contribution is -0.107. The maximum Gasteiger partial charge on any atom is 0.214 e. The number of aromatic nitrogens is 1. The van der Waals surface area contributed by atoms with Gasteiger partial charge >= 0.3 is 0 Å². The van der Waals surface area contributed by atoms with E-state index in [-0.39, 0.29) is 11.2 Å². The van der Waals surface area contributed by atoms with Crippen LogP contribution in [-0.2, 0) is 16.6 Å². The topological polar surface area (TPSA) is 33.2 Å². The first kappa shape index (κ1) is 13.7. The van der Waals surface area contributed by atoms with Crippen molar-refractivity contribution in [2.75, 3.05) is 11.4 Å². The molecule has 0 atom stereocenters. The molecule has 0 bridgehead atoms. The number of rotatable bonds is 3. The molecule has 0 unspecified atom stereocenters. The normalized spacial score (nSPS) is 15.9. The van der Waals surface area contributed by atoms with Gasteiger partial charge < -0.3 is 4.90 Å². The number of hydrogen-bond acceptors (Lipinski definition) is 2. The maximum absolute atomic E-state index is 12.9. The molecule has 3 rings (SSSR count). The zero-order valence-electron chi connectivity index (χ0n) is 12.1. The van der Waals surface area contributed by atoms with Gasteiger partial charge in [-0.2, -0.15) is 0 Å².